The van der Waals surface area contributed by atoms with E-state index in [2.05, 4.69) is 29.9 Å². The molecule has 40 heavy (non-hydrogen) atoms. The first-order valence-electron chi connectivity index (χ1n) is 12.4. The molecule has 0 amide bonds. The third-order valence-corrected chi connectivity index (χ3v) is 5.37. The lowest BCUT2D eigenvalue weighted by Gasteiger charge is -2.01. The molecule has 6 aromatic heterocycles. The fourth-order valence-corrected chi connectivity index (χ4v) is 3.44. The highest BCUT2D eigenvalue weighted by atomic mass is 16.4. The first-order chi connectivity index (χ1) is 19.6. The van der Waals surface area contributed by atoms with Gasteiger partial charge in [-0.3, -0.25) is 29.9 Å². The Kier molecular flexibility index (Phi) is 9.83. The lowest BCUT2D eigenvalue weighted by molar-refractivity contribution is 0.0697. The number of aromatic carboxylic acids is 1. The van der Waals surface area contributed by atoms with Crippen molar-refractivity contribution in [1.29, 1.82) is 0 Å². The molecule has 0 aromatic carbocycles. The van der Waals surface area contributed by atoms with Crippen molar-refractivity contribution < 1.29 is 9.90 Å². The largest absolute Gasteiger partial charge is 0.478 e. The van der Waals surface area contributed by atoms with Crippen LogP contribution in [0.25, 0.3) is 34.2 Å². The zero-order valence-electron chi connectivity index (χ0n) is 21.7. The van der Waals surface area contributed by atoms with E-state index in [1.54, 1.807) is 31.0 Å². The Bertz CT molecular complexity index is 1470. The minimum Gasteiger partial charge on any atom is -0.478 e. The van der Waals surface area contributed by atoms with E-state index in [1.165, 1.54) is 18.3 Å². The van der Waals surface area contributed by atoms with Crippen LogP contribution < -0.4 is 0 Å². The molecule has 0 aliphatic heterocycles. The van der Waals surface area contributed by atoms with Crippen LogP contribution in [0.1, 0.15) is 15.9 Å². The van der Waals surface area contributed by atoms with E-state index in [-0.39, 0.29) is 5.56 Å². The lowest BCUT2D eigenvalue weighted by atomic mass is 10.1. The Hall–Kier alpha value is -5.63. The number of aryl methyl sites for hydroxylation is 1. The molecule has 6 heterocycles. The van der Waals surface area contributed by atoms with Crippen molar-refractivity contribution in [1.82, 2.24) is 29.9 Å². The Morgan fingerprint density at radius 3 is 1.20 bits per heavy atom. The highest BCUT2D eigenvalue weighted by Gasteiger charge is 2.06. The third kappa shape index (κ3) is 8.19. The maximum absolute atomic E-state index is 10.8. The van der Waals surface area contributed by atoms with E-state index in [0.717, 1.165) is 28.3 Å². The highest BCUT2D eigenvalue weighted by Crippen LogP contribution is 2.16. The SMILES string of the molecule is Cc1ccnc(-c2cc(C(=O)O)ccn2)c1.c1ccc(-c2ccccn2)nc1.c1ccc(-c2ccccn2)nc1. The van der Waals surface area contributed by atoms with Crippen LogP contribution in [0.4, 0.5) is 0 Å². The quantitative estimate of drug-likeness (QED) is 0.279. The molecule has 0 unspecified atom stereocenters. The number of rotatable bonds is 4. The van der Waals surface area contributed by atoms with Gasteiger partial charge in [-0.05, 0) is 85.3 Å². The average molecular weight is 527 g/mol. The second kappa shape index (κ2) is 14.3. The molecule has 1 N–H and O–H groups in total. The fraction of sp³-hybridized carbons (Fsp3) is 0.0312. The van der Waals surface area contributed by atoms with Crippen LogP contribution in [-0.2, 0) is 0 Å². The molecule has 0 spiro atoms. The number of carboxylic acid groups (broad SMARTS) is 1. The highest BCUT2D eigenvalue weighted by molar-refractivity contribution is 5.88. The predicted molar refractivity (Wildman–Crippen MR) is 154 cm³/mol. The van der Waals surface area contributed by atoms with Crippen molar-refractivity contribution in [2.75, 3.05) is 0 Å². The molecule has 6 aromatic rings. The summed E-state index contributed by atoms with van der Waals surface area (Å²) in [5.41, 5.74) is 6.19. The minimum absolute atomic E-state index is 0.216. The molecule has 0 bridgehead atoms. The number of carboxylic acids is 1. The Morgan fingerprint density at radius 2 is 0.850 bits per heavy atom. The molecule has 8 nitrogen and oxygen atoms in total. The van der Waals surface area contributed by atoms with Gasteiger partial charge < -0.3 is 5.11 Å². The van der Waals surface area contributed by atoms with E-state index in [4.69, 9.17) is 5.11 Å². The Morgan fingerprint density at radius 1 is 0.475 bits per heavy atom. The van der Waals surface area contributed by atoms with Crippen LogP contribution >= 0.6 is 0 Å². The summed E-state index contributed by atoms with van der Waals surface area (Å²) in [7, 11) is 0. The van der Waals surface area contributed by atoms with Gasteiger partial charge in [0.15, 0.2) is 0 Å². The molecule has 6 rings (SSSR count). The summed E-state index contributed by atoms with van der Waals surface area (Å²) in [6, 6.07) is 29.9. The number of carbonyl (C=O) groups is 1. The molecular weight excluding hydrogens is 500 g/mol. The van der Waals surface area contributed by atoms with Gasteiger partial charge >= 0.3 is 5.97 Å². The molecule has 0 radical (unpaired) electrons. The van der Waals surface area contributed by atoms with Gasteiger partial charge in [0.25, 0.3) is 0 Å². The minimum atomic E-state index is -0.962. The van der Waals surface area contributed by atoms with Gasteiger partial charge in [-0.2, -0.15) is 0 Å². The number of aromatic nitrogens is 6. The normalized spacial score (nSPS) is 9.82. The number of nitrogens with zero attached hydrogens (tertiary/aromatic N) is 6. The smallest absolute Gasteiger partial charge is 0.335 e. The number of pyridine rings is 6. The van der Waals surface area contributed by atoms with E-state index in [0.29, 0.717) is 11.4 Å². The monoisotopic (exact) mass is 526 g/mol. The van der Waals surface area contributed by atoms with Gasteiger partial charge in [-0.15, -0.1) is 0 Å². The maximum atomic E-state index is 10.8. The molecule has 0 aliphatic rings. The summed E-state index contributed by atoms with van der Waals surface area (Å²) in [5.74, 6) is -0.962. The van der Waals surface area contributed by atoms with Crippen LogP contribution in [0, 0.1) is 6.92 Å². The van der Waals surface area contributed by atoms with Crippen LogP contribution in [-0.4, -0.2) is 41.0 Å². The Labute approximate surface area is 232 Å². The van der Waals surface area contributed by atoms with Gasteiger partial charge in [0.05, 0.1) is 39.7 Å². The van der Waals surface area contributed by atoms with Crippen LogP contribution in [0.3, 0.4) is 0 Å². The second-order valence-electron chi connectivity index (χ2n) is 8.31. The zero-order chi connectivity index (χ0) is 28.0. The summed E-state index contributed by atoms with van der Waals surface area (Å²) < 4.78 is 0. The van der Waals surface area contributed by atoms with Crippen molar-refractivity contribution in [3.05, 3.63) is 145 Å². The van der Waals surface area contributed by atoms with E-state index in [1.807, 2.05) is 91.9 Å². The van der Waals surface area contributed by atoms with Crippen LogP contribution in [0.2, 0.25) is 0 Å². The van der Waals surface area contributed by atoms with Crippen LogP contribution in [0.5, 0.6) is 0 Å². The van der Waals surface area contributed by atoms with Gasteiger partial charge in [0, 0.05) is 37.2 Å². The van der Waals surface area contributed by atoms with E-state index >= 15 is 0 Å². The van der Waals surface area contributed by atoms with E-state index in [9.17, 15) is 4.79 Å². The predicted octanol–water partition coefficient (Wildman–Crippen LogP) is 6.44. The van der Waals surface area contributed by atoms with Gasteiger partial charge in [-0.1, -0.05) is 24.3 Å². The van der Waals surface area contributed by atoms with E-state index < -0.39 is 5.97 Å². The molecule has 0 saturated carbocycles. The first-order valence-corrected chi connectivity index (χ1v) is 12.4. The fourth-order valence-electron chi connectivity index (χ4n) is 3.44. The van der Waals surface area contributed by atoms with Crippen molar-refractivity contribution in [3.63, 3.8) is 0 Å². The second-order valence-corrected chi connectivity index (χ2v) is 8.31. The first kappa shape index (κ1) is 27.4. The molecule has 196 valence electrons. The zero-order valence-corrected chi connectivity index (χ0v) is 21.7. The molecular formula is C32H26N6O2. The summed E-state index contributed by atoms with van der Waals surface area (Å²) in [6.45, 7) is 1.95. The summed E-state index contributed by atoms with van der Waals surface area (Å²) >= 11 is 0. The van der Waals surface area contributed by atoms with Gasteiger partial charge in [0.2, 0.25) is 0 Å². The van der Waals surface area contributed by atoms with Crippen LogP contribution in [0.15, 0.2) is 134 Å². The lowest BCUT2D eigenvalue weighted by Crippen LogP contribution is -1.97. The van der Waals surface area contributed by atoms with Gasteiger partial charge in [0.1, 0.15) is 0 Å². The molecule has 0 fully saturated rings. The molecule has 0 saturated heterocycles. The molecule has 0 aliphatic carbocycles. The number of hydrogen-bond acceptors (Lipinski definition) is 7. The topological polar surface area (TPSA) is 115 Å². The number of hydrogen-bond donors (Lipinski definition) is 1. The third-order valence-electron chi connectivity index (χ3n) is 5.37. The summed E-state index contributed by atoms with van der Waals surface area (Å²) in [6.07, 6.45) is 10.2. The Balaban J connectivity index is 0.000000141. The standard InChI is InChI=1S/C12H10N2O2.2C10H8N2/c1-8-2-4-13-10(6-8)11-7-9(12(15)16)3-5-14-11;2*1-3-7-11-9(5-1)10-6-2-4-8-12-10/h2-7H,1H3,(H,15,16);2*1-8H. The van der Waals surface area contributed by atoms with Gasteiger partial charge in [-0.25, -0.2) is 4.79 Å². The van der Waals surface area contributed by atoms with Crippen molar-refractivity contribution in [2.24, 2.45) is 0 Å². The van der Waals surface area contributed by atoms with Crippen molar-refractivity contribution >= 4 is 5.97 Å². The van der Waals surface area contributed by atoms with Crippen molar-refractivity contribution in [3.8, 4) is 34.2 Å². The summed E-state index contributed by atoms with van der Waals surface area (Å²) in [5, 5.41) is 8.86. The average Bonchev–Trinajstić information content (AvgIpc) is 3.03. The van der Waals surface area contributed by atoms with Crippen molar-refractivity contribution in [2.45, 2.75) is 6.92 Å². The summed E-state index contributed by atoms with van der Waals surface area (Å²) in [4.78, 5) is 35.8. The maximum Gasteiger partial charge on any atom is 0.335 e. The molecule has 0 atom stereocenters. The molecule has 8 heteroatoms.